The van der Waals surface area contributed by atoms with Gasteiger partial charge in [-0.15, -0.1) is 0 Å². The van der Waals surface area contributed by atoms with E-state index >= 15 is 0 Å². The lowest BCUT2D eigenvalue weighted by Gasteiger charge is -2.11. The van der Waals surface area contributed by atoms with Crippen LogP contribution in [0.15, 0.2) is 47.1 Å². The summed E-state index contributed by atoms with van der Waals surface area (Å²) in [6, 6.07) is 10.5. The van der Waals surface area contributed by atoms with Gasteiger partial charge in [0.2, 0.25) is 5.91 Å². The zero-order valence-corrected chi connectivity index (χ0v) is 12.7. The molecule has 1 atom stereocenters. The molecule has 1 aliphatic rings. The zero-order chi connectivity index (χ0) is 16.1. The number of rotatable bonds is 5. The Kier molecular flexibility index (Phi) is 4.73. The molecule has 1 aromatic carbocycles. The van der Waals surface area contributed by atoms with Crippen LogP contribution in [-0.2, 0) is 4.79 Å². The van der Waals surface area contributed by atoms with Crippen molar-refractivity contribution in [2.45, 2.75) is 25.3 Å². The van der Waals surface area contributed by atoms with Crippen molar-refractivity contribution in [3.8, 4) is 0 Å². The molecule has 0 radical (unpaired) electrons. The molecule has 3 N–H and O–H groups in total. The Labute approximate surface area is 134 Å². The van der Waals surface area contributed by atoms with Crippen molar-refractivity contribution in [1.82, 2.24) is 5.32 Å². The van der Waals surface area contributed by atoms with Crippen LogP contribution in [0, 0.1) is 0 Å². The third-order valence-electron chi connectivity index (χ3n) is 3.77. The Hall–Kier alpha value is -2.60. The Morgan fingerprint density at radius 1 is 1.13 bits per heavy atom. The van der Waals surface area contributed by atoms with Gasteiger partial charge in [0.25, 0.3) is 5.91 Å². The highest BCUT2D eigenvalue weighted by atomic mass is 16.3. The Bertz CT molecular complexity index is 659. The monoisotopic (exact) mass is 313 g/mol. The molecule has 120 valence electrons. The predicted octanol–water partition coefficient (Wildman–Crippen LogP) is 2.61. The first kappa shape index (κ1) is 15.3. The average Bonchev–Trinajstić information content (AvgIpc) is 3.22. The SMILES string of the molecule is O=C(CC1CCCN1)Nc1ccc(NC(=O)c2ccco2)cc1. The summed E-state index contributed by atoms with van der Waals surface area (Å²) >= 11 is 0. The normalized spacial score (nSPS) is 17.0. The number of carbonyl (C=O) groups is 2. The minimum absolute atomic E-state index is 0.00299. The molecule has 1 unspecified atom stereocenters. The number of hydrogen-bond donors (Lipinski definition) is 3. The van der Waals surface area contributed by atoms with E-state index in [0.29, 0.717) is 17.8 Å². The number of nitrogens with one attached hydrogen (secondary N) is 3. The van der Waals surface area contributed by atoms with Crippen molar-refractivity contribution in [2.24, 2.45) is 0 Å². The highest BCUT2D eigenvalue weighted by Gasteiger charge is 2.17. The van der Waals surface area contributed by atoms with Crippen LogP contribution in [0.25, 0.3) is 0 Å². The number of furan rings is 1. The molecule has 0 aliphatic carbocycles. The van der Waals surface area contributed by atoms with E-state index in [-0.39, 0.29) is 23.6 Å². The lowest BCUT2D eigenvalue weighted by molar-refractivity contribution is -0.116. The smallest absolute Gasteiger partial charge is 0.291 e. The van der Waals surface area contributed by atoms with Crippen molar-refractivity contribution < 1.29 is 14.0 Å². The van der Waals surface area contributed by atoms with Gasteiger partial charge in [0, 0.05) is 23.8 Å². The second-order valence-corrected chi connectivity index (χ2v) is 5.55. The van der Waals surface area contributed by atoms with Gasteiger partial charge in [0.15, 0.2) is 5.76 Å². The number of amides is 2. The molecule has 2 aromatic rings. The first-order valence-corrected chi connectivity index (χ1v) is 7.69. The quantitative estimate of drug-likeness (QED) is 0.792. The van der Waals surface area contributed by atoms with E-state index in [1.165, 1.54) is 6.26 Å². The Morgan fingerprint density at radius 3 is 2.48 bits per heavy atom. The summed E-state index contributed by atoms with van der Waals surface area (Å²) in [5.74, 6) is -0.0534. The highest BCUT2D eigenvalue weighted by Crippen LogP contribution is 2.16. The van der Waals surface area contributed by atoms with Crippen molar-refractivity contribution >= 4 is 23.2 Å². The van der Waals surface area contributed by atoms with Crippen LogP contribution in [-0.4, -0.2) is 24.4 Å². The molecule has 1 saturated heterocycles. The molecule has 23 heavy (non-hydrogen) atoms. The fourth-order valence-corrected chi connectivity index (χ4v) is 2.60. The first-order valence-electron chi connectivity index (χ1n) is 7.69. The minimum atomic E-state index is -0.306. The molecule has 3 rings (SSSR count). The molecule has 1 aliphatic heterocycles. The third kappa shape index (κ3) is 4.20. The lowest BCUT2D eigenvalue weighted by atomic mass is 10.1. The summed E-state index contributed by atoms with van der Waals surface area (Å²) in [5.41, 5.74) is 1.35. The Morgan fingerprint density at radius 2 is 1.87 bits per heavy atom. The van der Waals surface area contributed by atoms with E-state index in [0.717, 1.165) is 19.4 Å². The molecule has 1 fully saturated rings. The fraction of sp³-hybridized carbons (Fsp3) is 0.294. The number of carbonyl (C=O) groups excluding carboxylic acids is 2. The second-order valence-electron chi connectivity index (χ2n) is 5.55. The highest BCUT2D eigenvalue weighted by molar-refractivity contribution is 6.02. The van der Waals surface area contributed by atoms with Gasteiger partial charge < -0.3 is 20.4 Å². The van der Waals surface area contributed by atoms with Gasteiger partial charge in [0.1, 0.15) is 0 Å². The summed E-state index contributed by atoms with van der Waals surface area (Å²) < 4.78 is 5.03. The van der Waals surface area contributed by atoms with Gasteiger partial charge in [-0.05, 0) is 55.8 Å². The van der Waals surface area contributed by atoms with Crippen molar-refractivity contribution in [3.05, 3.63) is 48.4 Å². The predicted molar refractivity (Wildman–Crippen MR) is 87.4 cm³/mol. The maximum absolute atomic E-state index is 12.0. The molecule has 0 spiro atoms. The number of anilines is 2. The number of benzene rings is 1. The molecule has 6 heteroatoms. The van der Waals surface area contributed by atoms with Gasteiger partial charge in [-0.3, -0.25) is 9.59 Å². The Balaban J connectivity index is 1.52. The van der Waals surface area contributed by atoms with Crippen LogP contribution in [0.4, 0.5) is 11.4 Å². The van der Waals surface area contributed by atoms with Gasteiger partial charge in [-0.25, -0.2) is 0 Å². The lowest BCUT2D eigenvalue weighted by Crippen LogP contribution is -2.27. The van der Waals surface area contributed by atoms with E-state index < -0.39 is 0 Å². The standard InChI is InChI=1S/C17H19N3O3/c21-16(11-14-3-1-9-18-14)19-12-5-7-13(8-6-12)20-17(22)15-4-2-10-23-15/h2,4-8,10,14,18H,1,3,9,11H2,(H,19,21)(H,20,22). The van der Waals surface area contributed by atoms with E-state index in [1.54, 1.807) is 36.4 Å². The molecular formula is C17H19N3O3. The molecular weight excluding hydrogens is 294 g/mol. The van der Waals surface area contributed by atoms with E-state index in [2.05, 4.69) is 16.0 Å². The summed E-state index contributed by atoms with van der Waals surface area (Å²) in [7, 11) is 0. The van der Waals surface area contributed by atoms with Crippen molar-refractivity contribution in [1.29, 1.82) is 0 Å². The van der Waals surface area contributed by atoms with E-state index in [1.807, 2.05) is 0 Å². The molecule has 1 aromatic heterocycles. The van der Waals surface area contributed by atoms with Crippen LogP contribution in [0.1, 0.15) is 29.8 Å². The minimum Gasteiger partial charge on any atom is -0.459 e. The molecule has 0 saturated carbocycles. The summed E-state index contributed by atoms with van der Waals surface area (Å²) in [6.07, 6.45) is 4.11. The van der Waals surface area contributed by atoms with Gasteiger partial charge in [-0.1, -0.05) is 0 Å². The molecule has 0 bridgehead atoms. The molecule has 2 amide bonds. The largest absolute Gasteiger partial charge is 0.459 e. The fourth-order valence-electron chi connectivity index (χ4n) is 2.60. The van der Waals surface area contributed by atoms with Crippen LogP contribution in [0.5, 0.6) is 0 Å². The summed E-state index contributed by atoms with van der Waals surface area (Å²) in [4.78, 5) is 23.8. The van der Waals surface area contributed by atoms with Gasteiger partial charge >= 0.3 is 0 Å². The van der Waals surface area contributed by atoms with Crippen LogP contribution < -0.4 is 16.0 Å². The van der Waals surface area contributed by atoms with Gasteiger partial charge in [-0.2, -0.15) is 0 Å². The summed E-state index contributed by atoms with van der Waals surface area (Å²) in [6.45, 7) is 0.988. The maximum atomic E-state index is 12.0. The van der Waals surface area contributed by atoms with Crippen LogP contribution in [0.2, 0.25) is 0 Å². The second kappa shape index (κ2) is 7.11. The van der Waals surface area contributed by atoms with Crippen LogP contribution >= 0.6 is 0 Å². The average molecular weight is 313 g/mol. The first-order chi connectivity index (χ1) is 11.2. The summed E-state index contributed by atoms with van der Waals surface area (Å²) in [5, 5.41) is 8.90. The third-order valence-corrected chi connectivity index (χ3v) is 3.77. The maximum Gasteiger partial charge on any atom is 0.291 e. The van der Waals surface area contributed by atoms with E-state index in [9.17, 15) is 9.59 Å². The van der Waals surface area contributed by atoms with Crippen molar-refractivity contribution in [3.63, 3.8) is 0 Å². The van der Waals surface area contributed by atoms with Crippen molar-refractivity contribution in [2.75, 3.05) is 17.2 Å². The zero-order valence-electron chi connectivity index (χ0n) is 12.7. The van der Waals surface area contributed by atoms with E-state index in [4.69, 9.17) is 4.42 Å². The van der Waals surface area contributed by atoms with Crippen LogP contribution in [0.3, 0.4) is 0 Å². The molecule has 2 heterocycles. The topological polar surface area (TPSA) is 83.4 Å². The van der Waals surface area contributed by atoms with Gasteiger partial charge in [0.05, 0.1) is 6.26 Å². The molecule has 6 nitrogen and oxygen atoms in total. The number of hydrogen-bond acceptors (Lipinski definition) is 4.